The van der Waals surface area contributed by atoms with Crippen molar-refractivity contribution in [1.82, 2.24) is 10.3 Å². The van der Waals surface area contributed by atoms with Gasteiger partial charge in [-0.1, -0.05) is 19.1 Å². The van der Waals surface area contributed by atoms with Crippen molar-refractivity contribution in [3.63, 3.8) is 0 Å². The van der Waals surface area contributed by atoms with Gasteiger partial charge >= 0.3 is 0 Å². The summed E-state index contributed by atoms with van der Waals surface area (Å²) >= 11 is 0. The van der Waals surface area contributed by atoms with E-state index in [2.05, 4.69) is 41.5 Å². The second-order valence-electron chi connectivity index (χ2n) is 5.30. The molecule has 2 unspecified atom stereocenters. The highest BCUT2D eigenvalue weighted by Crippen LogP contribution is 2.31. The number of nitrogens with zero attached hydrogens (tertiary/aromatic N) is 1. The summed E-state index contributed by atoms with van der Waals surface area (Å²) in [7, 11) is 0. The third-order valence-corrected chi connectivity index (χ3v) is 3.96. The Hall–Kier alpha value is -1.90. The molecule has 1 aromatic heterocycles. The fourth-order valence-electron chi connectivity index (χ4n) is 2.92. The smallest absolute Gasteiger partial charge is 0.220 e. The first-order chi connectivity index (χ1) is 9.17. The van der Waals surface area contributed by atoms with E-state index in [0.29, 0.717) is 12.3 Å². The number of benzene rings is 1. The van der Waals surface area contributed by atoms with Gasteiger partial charge in [-0.25, -0.2) is 0 Å². The Morgan fingerprint density at radius 1 is 1.32 bits per heavy atom. The molecule has 0 spiro atoms. The van der Waals surface area contributed by atoms with Crippen LogP contribution in [-0.2, 0) is 4.79 Å². The zero-order chi connectivity index (χ0) is 13.4. The quantitative estimate of drug-likeness (QED) is 0.895. The van der Waals surface area contributed by atoms with Crippen LogP contribution in [0.5, 0.6) is 0 Å². The molecule has 2 atom stereocenters. The number of pyridine rings is 1. The molecule has 19 heavy (non-hydrogen) atoms. The third kappa shape index (κ3) is 2.21. The average molecular weight is 254 g/mol. The number of carbonyl (C=O) groups excluding carboxylic acids is 1. The van der Waals surface area contributed by atoms with Gasteiger partial charge in [-0.05, 0) is 37.1 Å². The van der Waals surface area contributed by atoms with E-state index in [4.69, 9.17) is 0 Å². The Bertz CT molecular complexity index is 636. The lowest BCUT2D eigenvalue weighted by atomic mass is 9.90. The third-order valence-electron chi connectivity index (χ3n) is 3.96. The van der Waals surface area contributed by atoms with Crippen molar-refractivity contribution in [1.29, 1.82) is 0 Å². The molecule has 3 rings (SSSR count). The Morgan fingerprint density at radius 2 is 2.16 bits per heavy atom. The lowest BCUT2D eigenvalue weighted by molar-refractivity contribution is -0.119. The van der Waals surface area contributed by atoms with E-state index in [1.54, 1.807) is 0 Å². The molecule has 0 bridgehead atoms. The molecular weight excluding hydrogens is 236 g/mol. The highest BCUT2D eigenvalue weighted by Gasteiger charge is 2.32. The SMILES string of the molecule is CCC1NC(=O)CC1c1ccc2nc(C)ccc2c1. The Kier molecular flexibility index (Phi) is 2.97. The van der Waals surface area contributed by atoms with Crippen LogP contribution in [0, 0.1) is 6.92 Å². The van der Waals surface area contributed by atoms with Gasteiger partial charge in [0.05, 0.1) is 5.52 Å². The van der Waals surface area contributed by atoms with Crippen LogP contribution in [0.2, 0.25) is 0 Å². The summed E-state index contributed by atoms with van der Waals surface area (Å²) in [6, 6.07) is 10.8. The van der Waals surface area contributed by atoms with Gasteiger partial charge in [0.15, 0.2) is 0 Å². The van der Waals surface area contributed by atoms with E-state index >= 15 is 0 Å². The number of aromatic nitrogens is 1. The molecule has 1 saturated heterocycles. The van der Waals surface area contributed by atoms with Crippen molar-refractivity contribution in [2.75, 3.05) is 0 Å². The predicted octanol–water partition coefficient (Wildman–Crippen LogP) is 2.93. The summed E-state index contributed by atoms with van der Waals surface area (Å²) < 4.78 is 0. The molecule has 2 aromatic rings. The monoisotopic (exact) mass is 254 g/mol. The lowest BCUT2D eigenvalue weighted by Crippen LogP contribution is -2.27. The van der Waals surface area contributed by atoms with E-state index in [1.807, 2.05) is 13.0 Å². The minimum atomic E-state index is 0.166. The number of rotatable bonds is 2. The second kappa shape index (κ2) is 4.65. The molecule has 1 aromatic carbocycles. The first-order valence-corrected chi connectivity index (χ1v) is 6.84. The van der Waals surface area contributed by atoms with Gasteiger partial charge in [0.25, 0.3) is 0 Å². The second-order valence-corrected chi connectivity index (χ2v) is 5.30. The van der Waals surface area contributed by atoms with Crippen molar-refractivity contribution in [2.45, 2.75) is 38.6 Å². The molecule has 1 fully saturated rings. The summed E-state index contributed by atoms with van der Waals surface area (Å²) in [5.41, 5.74) is 3.29. The van der Waals surface area contributed by atoms with Gasteiger partial charge in [-0.2, -0.15) is 0 Å². The largest absolute Gasteiger partial charge is 0.353 e. The minimum absolute atomic E-state index is 0.166. The van der Waals surface area contributed by atoms with E-state index in [1.165, 1.54) is 5.56 Å². The highest BCUT2D eigenvalue weighted by atomic mass is 16.2. The number of aryl methyl sites for hydroxylation is 1. The minimum Gasteiger partial charge on any atom is -0.353 e. The number of fused-ring (bicyclic) bond motifs is 1. The first-order valence-electron chi connectivity index (χ1n) is 6.84. The van der Waals surface area contributed by atoms with Gasteiger partial charge in [0.2, 0.25) is 5.91 Å². The number of hydrogen-bond donors (Lipinski definition) is 1. The molecular formula is C16H18N2O. The van der Waals surface area contributed by atoms with E-state index < -0.39 is 0 Å². The van der Waals surface area contributed by atoms with Crippen LogP contribution in [0.3, 0.4) is 0 Å². The first kappa shape index (κ1) is 12.2. The molecule has 0 radical (unpaired) electrons. The zero-order valence-electron chi connectivity index (χ0n) is 11.3. The number of nitrogens with one attached hydrogen (secondary N) is 1. The van der Waals surface area contributed by atoms with Gasteiger partial charge in [-0.15, -0.1) is 0 Å². The normalized spacial score (nSPS) is 22.7. The summed E-state index contributed by atoms with van der Waals surface area (Å²) in [5, 5.41) is 4.21. The maximum Gasteiger partial charge on any atom is 0.220 e. The maximum atomic E-state index is 11.6. The fraction of sp³-hybridized carbons (Fsp3) is 0.375. The Morgan fingerprint density at radius 3 is 2.95 bits per heavy atom. The molecule has 3 heteroatoms. The molecule has 1 amide bonds. The van der Waals surface area contributed by atoms with Crippen LogP contribution in [0.15, 0.2) is 30.3 Å². The summed E-state index contributed by atoms with van der Waals surface area (Å²) in [5.74, 6) is 0.460. The maximum absolute atomic E-state index is 11.6. The molecule has 0 saturated carbocycles. The van der Waals surface area contributed by atoms with Gasteiger partial charge in [0, 0.05) is 29.5 Å². The Labute approximate surface area is 113 Å². The molecule has 0 aliphatic carbocycles. The van der Waals surface area contributed by atoms with E-state index in [-0.39, 0.29) is 11.9 Å². The average Bonchev–Trinajstić information content (AvgIpc) is 2.79. The van der Waals surface area contributed by atoms with Gasteiger partial charge in [-0.3, -0.25) is 9.78 Å². The van der Waals surface area contributed by atoms with Crippen LogP contribution in [0.1, 0.15) is 36.9 Å². The van der Waals surface area contributed by atoms with Crippen LogP contribution >= 0.6 is 0 Å². The standard InChI is InChI=1S/C16H18N2O/c1-3-14-13(9-16(19)18-14)11-6-7-15-12(8-11)5-4-10(2)17-15/h4-8,13-14H,3,9H2,1-2H3,(H,18,19). The predicted molar refractivity (Wildman–Crippen MR) is 76.1 cm³/mol. The van der Waals surface area contributed by atoms with Crippen molar-refractivity contribution in [2.24, 2.45) is 0 Å². The van der Waals surface area contributed by atoms with Crippen LogP contribution in [0.25, 0.3) is 10.9 Å². The van der Waals surface area contributed by atoms with Gasteiger partial charge in [0.1, 0.15) is 0 Å². The Balaban J connectivity index is 2.01. The molecule has 3 nitrogen and oxygen atoms in total. The van der Waals surface area contributed by atoms with Crippen molar-refractivity contribution in [3.8, 4) is 0 Å². The number of amides is 1. The lowest BCUT2D eigenvalue weighted by Gasteiger charge is -2.17. The van der Waals surface area contributed by atoms with Crippen molar-refractivity contribution >= 4 is 16.8 Å². The molecule has 1 aliphatic heterocycles. The number of carbonyl (C=O) groups is 1. The summed E-state index contributed by atoms with van der Waals surface area (Å²) in [6.45, 7) is 4.12. The number of hydrogen-bond acceptors (Lipinski definition) is 2. The molecule has 1 N–H and O–H groups in total. The van der Waals surface area contributed by atoms with Crippen LogP contribution < -0.4 is 5.32 Å². The van der Waals surface area contributed by atoms with Crippen molar-refractivity contribution < 1.29 is 4.79 Å². The highest BCUT2D eigenvalue weighted by molar-refractivity contribution is 5.82. The van der Waals surface area contributed by atoms with Crippen LogP contribution in [-0.4, -0.2) is 16.9 Å². The molecule has 2 heterocycles. The van der Waals surface area contributed by atoms with E-state index in [9.17, 15) is 4.79 Å². The molecule has 1 aliphatic rings. The van der Waals surface area contributed by atoms with Gasteiger partial charge < -0.3 is 5.32 Å². The summed E-state index contributed by atoms with van der Waals surface area (Å²) in [4.78, 5) is 16.1. The van der Waals surface area contributed by atoms with Crippen molar-refractivity contribution in [3.05, 3.63) is 41.6 Å². The van der Waals surface area contributed by atoms with E-state index in [0.717, 1.165) is 23.0 Å². The van der Waals surface area contributed by atoms with Crippen LogP contribution in [0.4, 0.5) is 0 Å². The fourth-order valence-corrected chi connectivity index (χ4v) is 2.92. The molecule has 98 valence electrons. The topological polar surface area (TPSA) is 42.0 Å². The summed E-state index contributed by atoms with van der Waals surface area (Å²) in [6.07, 6.45) is 1.57. The zero-order valence-corrected chi connectivity index (χ0v) is 11.3.